The fourth-order valence-corrected chi connectivity index (χ4v) is 2.22. The molecule has 2 rings (SSSR count). The summed E-state index contributed by atoms with van der Waals surface area (Å²) in [6.45, 7) is 8.37. The van der Waals surface area contributed by atoms with Gasteiger partial charge in [0.2, 0.25) is 0 Å². The Morgan fingerprint density at radius 3 is 2.90 bits per heavy atom. The Morgan fingerprint density at radius 2 is 2.20 bits per heavy atom. The maximum Gasteiger partial charge on any atom is 0.316 e. The fourth-order valence-electron chi connectivity index (χ4n) is 2.22. The Labute approximate surface area is 121 Å². The van der Waals surface area contributed by atoms with Crippen LogP contribution in [0.25, 0.3) is 0 Å². The molecule has 0 unspecified atom stereocenters. The number of nitrogens with one attached hydrogen (secondary N) is 1. The molecule has 0 bridgehead atoms. The highest BCUT2D eigenvalue weighted by Crippen LogP contribution is 2.16. The molecule has 1 aromatic heterocycles. The second-order valence-corrected chi connectivity index (χ2v) is 5.31. The van der Waals surface area contributed by atoms with Crippen molar-refractivity contribution < 1.29 is 9.47 Å². The molecule has 0 spiro atoms. The molecule has 5 heteroatoms. The highest BCUT2D eigenvalue weighted by molar-refractivity contribution is 5.17. The van der Waals surface area contributed by atoms with E-state index in [-0.39, 0.29) is 0 Å². The van der Waals surface area contributed by atoms with Gasteiger partial charge in [0.1, 0.15) is 0 Å². The summed E-state index contributed by atoms with van der Waals surface area (Å²) in [5, 5.41) is 3.36. The Bertz CT molecular complexity index is 406. The van der Waals surface area contributed by atoms with Crippen LogP contribution in [-0.4, -0.2) is 36.3 Å². The van der Waals surface area contributed by atoms with Crippen LogP contribution in [0, 0.1) is 12.8 Å². The molecular formula is C15H25N3O2. The molecule has 1 aromatic rings. The van der Waals surface area contributed by atoms with Gasteiger partial charge >= 0.3 is 6.01 Å². The lowest BCUT2D eigenvalue weighted by molar-refractivity contribution is 0.0482. The molecule has 0 radical (unpaired) electrons. The van der Waals surface area contributed by atoms with Gasteiger partial charge < -0.3 is 14.8 Å². The zero-order valence-electron chi connectivity index (χ0n) is 12.5. The lowest BCUT2D eigenvalue weighted by Gasteiger charge is -2.21. The summed E-state index contributed by atoms with van der Waals surface area (Å²) in [5.74, 6) is 0.568. The number of aromatic nitrogens is 2. The van der Waals surface area contributed by atoms with Crippen LogP contribution in [0.2, 0.25) is 0 Å². The van der Waals surface area contributed by atoms with E-state index in [9.17, 15) is 0 Å². The molecule has 20 heavy (non-hydrogen) atoms. The van der Waals surface area contributed by atoms with Crippen LogP contribution in [-0.2, 0) is 11.3 Å². The molecule has 2 heterocycles. The van der Waals surface area contributed by atoms with Crippen molar-refractivity contribution in [2.45, 2.75) is 39.7 Å². The maximum atomic E-state index is 5.71. The summed E-state index contributed by atoms with van der Waals surface area (Å²) >= 11 is 0. The zero-order valence-corrected chi connectivity index (χ0v) is 12.5. The molecule has 1 saturated heterocycles. The SMILES string of the molecule is CCCNCc1cnc(OCC2CCOCC2)nc1C. The van der Waals surface area contributed by atoms with Crippen molar-refractivity contribution in [3.63, 3.8) is 0 Å². The average molecular weight is 279 g/mol. The number of nitrogens with zero attached hydrogens (tertiary/aromatic N) is 2. The first-order valence-corrected chi connectivity index (χ1v) is 7.53. The van der Waals surface area contributed by atoms with Crippen LogP contribution >= 0.6 is 0 Å². The van der Waals surface area contributed by atoms with E-state index in [1.165, 1.54) is 0 Å². The quantitative estimate of drug-likeness (QED) is 0.775. The van der Waals surface area contributed by atoms with E-state index in [0.717, 1.165) is 56.8 Å². The minimum absolute atomic E-state index is 0.494. The van der Waals surface area contributed by atoms with Crippen molar-refractivity contribution in [2.24, 2.45) is 5.92 Å². The van der Waals surface area contributed by atoms with Crippen LogP contribution in [0.4, 0.5) is 0 Å². The first-order chi connectivity index (χ1) is 9.79. The average Bonchev–Trinajstić information content (AvgIpc) is 2.48. The molecule has 1 fully saturated rings. The first-order valence-electron chi connectivity index (χ1n) is 7.53. The van der Waals surface area contributed by atoms with E-state index in [0.29, 0.717) is 18.5 Å². The minimum Gasteiger partial charge on any atom is -0.463 e. The third-order valence-electron chi connectivity index (χ3n) is 3.59. The van der Waals surface area contributed by atoms with Gasteiger partial charge in [-0.3, -0.25) is 0 Å². The van der Waals surface area contributed by atoms with E-state index in [4.69, 9.17) is 9.47 Å². The minimum atomic E-state index is 0.494. The van der Waals surface area contributed by atoms with Crippen molar-refractivity contribution in [2.75, 3.05) is 26.4 Å². The highest BCUT2D eigenvalue weighted by Gasteiger charge is 2.15. The van der Waals surface area contributed by atoms with Crippen LogP contribution in [0.15, 0.2) is 6.20 Å². The molecular weight excluding hydrogens is 254 g/mol. The second-order valence-electron chi connectivity index (χ2n) is 5.31. The third kappa shape index (κ3) is 4.72. The van der Waals surface area contributed by atoms with Gasteiger partial charge in [0, 0.05) is 37.2 Å². The van der Waals surface area contributed by atoms with E-state index < -0.39 is 0 Å². The van der Waals surface area contributed by atoms with E-state index in [1.807, 2.05) is 13.1 Å². The fraction of sp³-hybridized carbons (Fsp3) is 0.733. The molecule has 1 N–H and O–H groups in total. The van der Waals surface area contributed by atoms with Crippen molar-refractivity contribution in [1.82, 2.24) is 15.3 Å². The lowest BCUT2D eigenvalue weighted by atomic mass is 10.0. The number of rotatable bonds is 7. The highest BCUT2D eigenvalue weighted by atomic mass is 16.5. The van der Waals surface area contributed by atoms with Gasteiger partial charge in [-0.1, -0.05) is 6.92 Å². The van der Waals surface area contributed by atoms with Gasteiger partial charge in [-0.05, 0) is 38.6 Å². The number of ether oxygens (including phenoxy) is 2. The van der Waals surface area contributed by atoms with Gasteiger partial charge in [0.25, 0.3) is 0 Å². The Morgan fingerprint density at radius 1 is 1.40 bits per heavy atom. The molecule has 0 aliphatic carbocycles. The molecule has 1 aliphatic rings. The Hall–Kier alpha value is -1.20. The monoisotopic (exact) mass is 279 g/mol. The summed E-state index contributed by atoms with van der Waals surface area (Å²) in [5.41, 5.74) is 2.13. The van der Waals surface area contributed by atoms with Crippen molar-refractivity contribution in [3.8, 4) is 6.01 Å². The van der Waals surface area contributed by atoms with Crippen molar-refractivity contribution in [3.05, 3.63) is 17.5 Å². The van der Waals surface area contributed by atoms with Crippen molar-refractivity contribution in [1.29, 1.82) is 0 Å². The molecule has 1 aliphatic heterocycles. The molecule has 0 amide bonds. The van der Waals surface area contributed by atoms with E-state index in [1.54, 1.807) is 0 Å². The van der Waals surface area contributed by atoms with Gasteiger partial charge in [-0.15, -0.1) is 0 Å². The standard InChI is InChI=1S/C15H25N3O2/c1-3-6-16-9-14-10-17-15(18-12(14)2)20-11-13-4-7-19-8-5-13/h10,13,16H,3-9,11H2,1-2H3. The van der Waals surface area contributed by atoms with Gasteiger partial charge in [-0.2, -0.15) is 0 Å². The predicted molar refractivity (Wildman–Crippen MR) is 77.8 cm³/mol. The number of hydrogen-bond acceptors (Lipinski definition) is 5. The second kappa shape index (κ2) is 8.17. The lowest BCUT2D eigenvalue weighted by Crippen LogP contribution is -2.22. The molecule has 5 nitrogen and oxygen atoms in total. The summed E-state index contributed by atoms with van der Waals surface area (Å²) in [6.07, 6.45) is 5.13. The van der Waals surface area contributed by atoms with Crippen molar-refractivity contribution >= 4 is 0 Å². The van der Waals surface area contributed by atoms with Gasteiger partial charge in [0.05, 0.1) is 6.61 Å². The van der Waals surface area contributed by atoms with Gasteiger partial charge in [0.15, 0.2) is 0 Å². The van der Waals surface area contributed by atoms with Crippen LogP contribution in [0.3, 0.4) is 0 Å². The maximum absolute atomic E-state index is 5.71. The smallest absolute Gasteiger partial charge is 0.316 e. The number of aryl methyl sites for hydroxylation is 1. The molecule has 0 atom stereocenters. The summed E-state index contributed by atoms with van der Waals surface area (Å²) in [4.78, 5) is 8.73. The van der Waals surface area contributed by atoms with E-state index in [2.05, 4.69) is 22.2 Å². The largest absolute Gasteiger partial charge is 0.463 e. The van der Waals surface area contributed by atoms with Gasteiger partial charge in [-0.25, -0.2) is 9.97 Å². The summed E-state index contributed by atoms with van der Waals surface area (Å²) in [6, 6.07) is 0.494. The van der Waals surface area contributed by atoms with Crippen LogP contribution in [0.5, 0.6) is 6.01 Å². The molecule has 112 valence electrons. The zero-order chi connectivity index (χ0) is 14.2. The van der Waals surface area contributed by atoms with Crippen LogP contribution in [0.1, 0.15) is 37.4 Å². The summed E-state index contributed by atoms with van der Waals surface area (Å²) < 4.78 is 11.0. The first kappa shape index (κ1) is 15.2. The topological polar surface area (TPSA) is 56.3 Å². The predicted octanol–water partition coefficient (Wildman–Crippen LogP) is 2.09. The van der Waals surface area contributed by atoms with Crippen LogP contribution < -0.4 is 10.1 Å². The summed E-state index contributed by atoms with van der Waals surface area (Å²) in [7, 11) is 0. The number of hydrogen-bond donors (Lipinski definition) is 1. The van der Waals surface area contributed by atoms with E-state index >= 15 is 0 Å². The molecule has 0 aromatic carbocycles. The Balaban J connectivity index is 1.81. The Kier molecular flexibility index (Phi) is 6.21. The third-order valence-corrected chi connectivity index (χ3v) is 3.59. The molecule has 0 saturated carbocycles. The normalized spacial score (nSPS) is 16.3.